The highest BCUT2D eigenvalue weighted by atomic mass is 16.5. The Kier molecular flexibility index (Phi) is 4.41. The van der Waals surface area contributed by atoms with Crippen molar-refractivity contribution >= 4 is 5.69 Å². The zero-order valence-electron chi connectivity index (χ0n) is 12.3. The van der Waals surface area contributed by atoms with Crippen LogP contribution in [0.25, 0.3) is 0 Å². The smallest absolute Gasteiger partial charge is 0.150 e. The summed E-state index contributed by atoms with van der Waals surface area (Å²) in [5.74, 6) is 1.69. The molecule has 2 aromatic carbocycles. The number of nitrogens with one attached hydrogen (secondary N) is 1. The Balaban J connectivity index is 1.65. The van der Waals surface area contributed by atoms with Gasteiger partial charge in [0.1, 0.15) is 5.75 Å². The lowest BCUT2D eigenvalue weighted by atomic mass is 10.2. The molecule has 0 bridgehead atoms. The molecule has 1 aliphatic heterocycles. The first-order valence-electron chi connectivity index (χ1n) is 7.52. The van der Waals surface area contributed by atoms with E-state index in [9.17, 15) is 0 Å². The van der Waals surface area contributed by atoms with Crippen molar-refractivity contribution in [1.82, 2.24) is 0 Å². The van der Waals surface area contributed by atoms with Gasteiger partial charge in [-0.3, -0.25) is 0 Å². The van der Waals surface area contributed by atoms with E-state index in [1.807, 2.05) is 54.6 Å². The summed E-state index contributed by atoms with van der Waals surface area (Å²) >= 11 is 0. The Morgan fingerprint density at radius 3 is 2.57 bits per heavy atom. The van der Waals surface area contributed by atoms with Crippen LogP contribution in [0.4, 0.5) is 5.69 Å². The maximum absolute atomic E-state index is 5.94. The van der Waals surface area contributed by atoms with Crippen LogP contribution >= 0.6 is 0 Å². The second kappa shape index (κ2) is 6.64. The monoisotopic (exact) mass is 283 g/mol. The van der Waals surface area contributed by atoms with E-state index in [0.29, 0.717) is 12.2 Å². The summed E-state index contributed by atoms with van der Waals surface area (Å²) in [7, 11) is 0. The van der Waals surface area contributed by atoms with Gasteiger partial charge in [-0.2, -0.15) is 0 Å². The minimum absolute atomic E-state index is 0.296. The summed E-state index contributed by atoms with van der Waals surface area (Å²) in [5, 5.41) is 3.45. The zero-order chi connectivity index (χ0) is 14.5. The van der Waals surface area contributed by atoms with Crippen molar-refractivity contribution in [3.63, 3.8) is 0 Å². The van der Waals surface area contributed by atoms with Gasteiger partial charge in [-0.25, -0.2) is 0 Å². The molecule has 0 aromatic heterocycles. The average molecular weight is 283 g/mol. The lowest BCUT2D eigenvalue weighted by molar-refractivity contribution is 0.0637. The van der Waals surface area contributed by atoms with Crippen LogP contribution in [0.15, 0.2) is 54.6 Å². The summed E-state index contributed by atoms with van der Waals surface area (Å²) in [6.45, 7) is 2.95. The van der Waals surface area contributed by atoms with Crippen molar-refractivity contribution in [3.05, 3.63) is 54.6 Å². The van der Waals surface area contributed by atoms with Crippen LogP contribution < -0.4 is 10.1 Å². The van der Waals surface area contributed by atoms with Gasteiger partial charge in [0.15, 0.2) is 5.75 Å². The van der Waals surface area contributed by atoms with Gasteiger partial charge in [-0.05, 0) is 44.0 Å². The lowest BCUT2D eigenvalue weighted by Crippen LogP contribution is -2.19. The van der Waals surface area contributed by atoms with Gasteiger partial charge in [-0.15, -0.1) is 0 Å². The van der Waals surface area contributed by atoms with Gasteiger partial charge < -0.3 is 14.8 Å². The predicted octanol–water partition coefficient (Wildman–Crippen LogP) is 4.46. The minimum Gasteiger partial charge on any atom is -0.455 e. The molecule has 3 nitrogen and oxygen atoms in total. The fourth-order valence-electron chi connectivity index (χ4n) is 2.58. The molecule has 0 spiro atoms. The maximum atomic E-state index is 5.94. The first-order chi connectivity index (χ1) is 10.3. The molecule has 0 aliphatic carbocycles. The van der Waals surface area contributed by atoms with E-state index < -0.39 is 0 Å². The lowest BCUT2D eigenvalue weighted by Gasteiger charge is -2.16. The van der Waals surface area contributed by atoms with Crippen LogP contribution in [-0.4, -0.2) is 18.8 Å². The van der Waals surface area contributed by atoms with Crippen molar-refractivity contribution in [2.75, 3.05) is 11.9 Å². The fraction of sp³-hybridized carbons (Fsp3) is 0.333. The Morgan fingerprint density at radius 2 is 1.81 bits per heavy atom. The normalized spacial score (nSPS) is 21.2. The molecule has 110 valence electrons. The van der Waals surface area contributed by atoms with Crippen molar-refractivity contribution in [2.24, 2.45) is 0 Å². The highest BCUT2D eigenvalue weighted by Gasteiger charge is 2.21. The average Bonchev–Trinajstić information content (AvgIpc) is 2.93. The molecule has 1 saturated heterocycles. The third-order valence-corrected chi connectivity index (χ3v) is 3.70. The fourth-order valence-corrected chi connectivity index (χ4v) is 2.58. The Labute approximate surface area is 125 Å². The molecular weight excluding hydrogens is 262 g/mol. The SMILES string of the molecule is CC1CCC(CNc2ccccc2Oc2ccccc2)O1. The van der Waals surface area contributed by atoms with Crippen LogP contribution in [-0.2, 0) is 4.74 Å². The molecule has 0 amide bonds. The predicted molar refractivity (Wildman–Crippen MR) is 85.0 cm³/mol. The summed E-state index contributed by atoms with van der Waals surface area (Å²) < 4.78 is 11.8. The molecule has 1 N–H and O–H groups in total. The molecular formula is C18H21NO2. The molecule has 1 fully saturated rings. The van der Waals surface area contributed by atoms with E-state index in [1.165, 1.54) is 0 Å². The van der Waals surface area contributed by atoms with Crippen LogP contribution in [0.3, 0.4) is 0 Å². The minimum atomic E-state index is 0.296. The molecule has 1 heterocycles. The zero-order valence-corrected chi connectivity index (χ0v) is 12.3. The largest absolute Gasteiger partial charge is 0.455 e. The van der Waals surface area contributed by atoms with E-state index in [-0.39, 0.29) is 0 Å². The second-order valence-corrected chi connectivity index (χ2v) is 5.44. The number of benzene rings is 2. The third-order valence-electron chi connectivity index (χ3n) is 3.70. The first kappa shape index (κ1) is 14.0. The highest BCUT2D eigenvalue weighted by molar-refractivity contribution is 5.57. The molecule has 2 atom stereocenters. The van der Waals surface area contributed by atoms with Gasteiger partial charge in [0.05, 0.1) is 17.9 Å². The number of anilines is 1. The number of ether oxygens (including phenoxy) is 2. The van der Waals surface area contributed by atoms with Crippen molar-refractivity contribution in [1.29, 1.82) is 0 Å². The molecule has 3 rings (SSSR count). The number of rotatable bonds is 5. The second-order valence-electron chi connectivity index (χ2n) is 5.44. The van der Waals surface area contributed by atoms with Gasteiger partial charge in [-0.1, -0.05) is 30.3 Å². The topological polar surface area (TPSA) is 30.5 Å². The number of hydrogen-bond acceptors (Lipinski definition) is 3. The summed E-state index contributed by atoms with van der Waals surface area (Å²) in [5.41, 5.74) is 1.00. The van der Waals surface area contributed by atoms with Crippen molar-refractivity contribution in [3.8, 4) is 11.5 Å². The summed E-state index contributed by atoms with van der Waals surface area (Å²) in [4.78, 5) is 0. The highest BCUT2D eigenvalue weighted by Crippen LogP contribution is 2.29. The van der Waals surface area contributed by atoms with Crippen molar-refractivity contribution in [2.45, 2.75) is 32.0 Å². The maximum Gasteiger partial charge on any atom is 0.150 e. The van der Waals surface area contributed by atoms with Crippen LogP contribution in [0.2, 0.25) is 0 Å². The molecule has 0 radical (unpaired) electrons. The molecule has 2 aromatic rings. The van der Waals surface area contributed by atoms with Crippen LogP contribution in [0.5, 0.6) is 11.5 Å². The molecule has 2 unspecified atom stereocenters. The van der Waals surface area contributed by atoms with E-state index in [2.05, 4.69) is 12.2 Å². The van der Waals surface area contributed by atoms with Crippen LogP contribution in [0.1, 0.15) is 19.8 Å². The summed E-state index contributed by atoms with van der Waals surface area (Å²) in [6, 6.07) is 17.9. The van der Waals surface area contributed by atoms with E-state index in [4.69, 9.17) is 9.47 Å². The Morgan fingerprint density at radius 1 is 1.05 bits per heavy atom. The van der Waals surface area contributed by atoms with Crippen LogP contribution in [0, 0.1) is 0 Å². The standard InChI is InChI=1S/C18H21NO2/c1-14-11-12-16(20-14)13-19-17-9-5-6-10-18(17)21-15-7-3-2-4-8-15/h2-10,14,16,19H,11-13H2,1H3. The van der Waals surface area contributed by atoms with E-state index >= 15 is 0 Å². The molecule has 3 heteroatoms. The first-order valence-corrected chi connectivity index (χ1v) is 7.52. The number of hydrogen-bond donors (Lipinski definition) is 1. The van der Waals surface area contributed by atoms with Crippen molar-refractivity contribution < 1.29 is 9.47 Å². The van der Waals surface area contributed by atoms with Gasteiger partial charge in [0.25, 0.3) is 0 Å². The molecule has 21 heavy (non-hydrogen) atoms. The Bertz CT molecular complexity index is 570. The third kappa shape index (κ3) is 3.76. The number of para-hydroxylation sites is 3. The van der Waals surface area contributed by atoms with Gasteiger partial charge >= 0.3 is 0 Å². The Hall–Kier alpha value is -2.00. The van der Waals surface area contributed by atoms with E-state index in [0.717, 1.165) is 36.6 Å². The van der Waals surface area contributed by atoms with Gasteiger partial charge in [0.2, 0.25) is 0 Å². The van der Waals surface area contributed by atoms with E-state index in [1.54, 1.807) is 0 Å². The quantitative estimate of drug-likeness (QED) is 0.879. The summed E-state index contributed by atoms with van der Waals surface area (Å²) in [6.07, 6.45) is 2.95. The molecule has 1 aliphatic rings. The van der Waals surface area contributed by atoms with Gasteiger partial charge in [0, 0.05) is 6.54 Å². The molecule has 0 saturated carbocycles.